The van der Waals surface area contributed by atoms with E-state index >= 15 is 0 Å². The number of nitrogens with zero attached hydrogens (tertiary/aromatic N) is 1. The molecular weight excluding hydrogens is 194 g/mol. The van der Waals surface area contributed by atoms with Crippen LogP contribution in [0.1, 0.15) is 0 Å². The summed E-state index contributed by atoms with van der Waals surface area (Å²) in [5.74, 6) is 1.19. The number of rotatable bonds is 0. The zero-order valence-electron chi connectivity index (χ0n) is 8.23. The Morgan fingerprint density at radius 3 is 3.13 bits per heavy atom. The molecule has 0 fully saturated rings. The fourth-order valence-corrected chi connectivity index (χ4v) is 1.78. The Kier molecular flexibility index (Phi) is 1.54. The van der Waals surface area contributed by atoms with Crippen LogP contribution in [-0.2, 0) is 7.05 Å². The van der Waals surface area contributed by atoms with E-state index in [0.717, 1.165) is 10.8 Å². The van der Waals surface area contributed by atoms with Gasteiger partial charge in [-0.3, -0.25) is 0 Å². The van der Waals surface area contributed by atoms with Gasteiger partial charge in [-0.25, -0.2) is 4.57 Å². The molecule has 4 heteroatoms. The van der Waals surface area contributed by atoms with E-state index in [1.54, 1.807) is 0 Å². The lowest BCUT2D eigenvalue weighted by molar-refractivity contribution is -0.670. The molecule has 1 N–H and O–H groups in total. The van der Waals surface area contributed by atoms with Crippen molar-refractivity contribution >= 4 is 10.8 Å². The number of benzene rings is 1. The van der Waals surface area contributed by atoms with Gasteiger partial charge in [0.2, 0.25) is 12.5 Å². The van der Waals surface area contributed by atoms with Crippen LogP contribution in [0.4, 0.5) is 0 Å². The van der Waals surface area contributed by atoms with E-state index in [2.05, 4.69) is 0 Å². The van der Waals surface area contributed by atoms with E-state index in [-0.39, 0.29) is 12.5 Å². The van der Waals surface area contributed by atoms with Crippen molar-refractivity contribution in [3.05, 3.63) is 24.5 Å². The van der Waals surface area contributed by atoms with Crippen molar-refractivity contribution in [2.45, 2.75) is 0 Å². The molecule has 0 unspecified atom stereocenters. The van der Waals surface area contributed by atoms with E-state index in [4.69, 9.17) is 9.47 Å². The molecule has 1 aromatic heterocycles. The first-order chi connectivity index (χ1) is 7.25. The number of phenols is 1. The molecular formula is C11H10NO3+. The Balaban J connectivity index is 2.41. The molecule has 2 heterocycles. The van der Waals surface area contributed by atoms with Gasteiger partial charge in [0.1, 0.15) is 7.05 Å². The fourth-order valence-electron chi connectivity index (χ4n) is 1.78. The van der Waals surface area contributed by atoms with Crippen molar-refractivity contribution < 1.29 is 19.1 Å². The van der Waals surface area contributed by atoms with E-state index in [1.807, 2.05) is 36.1 Å². The second-order valence-electron chi connectivity index (χ2n) is 3.57. The lowest BCUT2D eigenvalue weighted by Gasteiger charge is -2.02. The first-order valence-electron chi connectivity index (χ1n) is 4.66. The average molecular weight is 204 g/mol. The molecule has 1 aliphatic heterocycles. The molecule has 1 aromatic carbocycles. The number of aryl methyl sites for hydroxylation is 1. The number of aromatic hydroxyl groups is 1. The third-order valence-electron chi connectivity index (χ3n) is 2.53. The summed E-state index contributed by atoms with van der Waals surface area (Å²) in [6.07, 6.45) is 3.77. The highest BCUT2D eigenvalue weighted by Gasteiger charge is 2.21. The first kappa shape index (κ1) is 8.35. The number of phenolic OH excluding ortho intramolecular Hbond substituents is 1. The zero-order valence-corrected chi connectivity index (χ0v) is 8.23. The van der Waals surface area contributed by atoms with Gasteiger partial charge < -0.3 is 14.6 Å². The normalized spacial score (nSPS) is 13.4. The Hall–Kier alpha value is -1.97. The van der Waals surface area contributed by atoms with Gasteiger partial charge in [-0.15, -0.1) is 0 Å². The van der Waals surface area contributed by atoms with Crippen LogP contribution < -0.4 is 14.0 Å². The summed E-state index contributed by atoms with van der Waals surface area (Å²) >= 11 is 0. The van der Waals surface area contributed by atoms with Gasteiger partial charge in [0, 0.05) is 11.5 Å². The summed E-state index contributed by atoms with van der Waals surface area (Å²) < 4.78 is 12.3. The van der Waals surface area contributed by atoms with Gasteiger partial charge in [0.05, 0.1) is 5.39 Å². The molecule has 0 amide bonds. The molecule has 2 aromatic rings. The van der Waals surface area contributed by atoms with Crippen LogP contribution >= 0.6 is 0 Å². The Labute approximate surface area is 86.3 Å². The number of pyridine rings is 1. The van der Waals surface area contributed by atoms with Gasteiger partial charge in [0.15, 0.2) is 23.9 Å². The van der Waals surface area contributed by atoms with Crippen LogP contribution in [0.5, 0.6) is 17.2 Å². The van der Waals surface area contributed by atoms with Crippen LogP contribution in [0.2, 0.25) is 0 Å². The van der Waals surface area contributed by atoms with Crippen LogP contribution in [0.3, 0.4) is 0 Å². The minimum atomic E-state index is 0.149. The van der Waals surface area contributed by atoms with Crippen molar-refractivity contribution in [1.82, 2.24) is 0 Å². The Morgan fingerprint density at radius 1 is 1.40 bits per heavy atom. The van der Waals surface area contributed by atoms with E-state index in [9.17, 15) is 5.11 Å². The summed E-state index contributed by atoms with van der Waals surface area (Å²) in [7, 11) is 1.91. The smallest absolute Gasteiger partial charge is 0.231 e. The van der Waals surface area contributed by atoms with Crippen molar-refractivity contribution in [3.63, 3.8) is 0 Å². The molecule has 0 saturated heterocycles. The van der Waals surface area contributed by atoms with E-state index < -0.39 is 0 Å². The summed E-state index contributed by atoms with van der Waals surface area (Å²) in [6.45, 7) is 0.172. The van der Waals surface area contributed by atoms with Gasteiger partial charge in [-0.2, -0.15) is 0 Å². The predicted octanol–water partition coefficient (Wildman–Crippen LogP) is 1.10. The number of hydrogen-bond acceptors (Lipinski definition) is 3. The van der Waals surface area contributed by atoms with Gasteiger partial charge in [0.25, 0.3) is 0 Å². The molecule has 3 rings (SSSR count). The second-order valence-corrected chi connectivity index (χ2v) is 3.57. The number of hydrogen-bond donors (Lipinski definition) is 1. The van der Waals surface area contributed by atoms with Crippen molar-refractivity contribution in [2.75, 3.05) is 6.79 Å². The largest absolute Gasteiger partial charge is 0.504 e. The van der Waals surface area contributed by atoms with Gasteiger partial charge in [-0.1, -0.05) is 0 Å². The average Bonchev–Trinajstić information content (AvgIpc) is 2.68. The Bertz CT molecular complexity index is 551. The lowest BCUT2D eigenvalue weighted by atomic mass is 10.1. The topological polar surface area (TPSA) is 42.6 Å². The highest BCUT2D eigenvalue weighted by molar-refractivity contribution is 5.91. The summed E-state index contributed by atoms with van der Waals surface area (Å²) in [4.78, 5) is 0. The predicted molar refractivity (Wildman–Crippen MR) is 52.9 cm³/mol. The van der Waals surface area contributed by atoms with Gasteiger partial charge in [-0.05, 0) is 6.07 Å². The second kappa shape index (κ2) is 2.76. The standard InChI is InChI=1S/C11H9NO3/c1-12-3-2-7-4-9-11(15-6-14-9)10(13)8(7)5-12/h2-5H,6H2,1H3/p+1. The summed E-state index contributed by atoms with van der Waals surface area (Å²) in [5, 5.41) is 11.7. The maximum Gasteiger partial charge on any atom is 0.231 e. The van der Waals surface area contributed by atoms with Gasteiger partial charge >= 0.3 is 0 Å². The van der Waals surface area contributed by atoms with Crippen molar-refractivity contribution in [3.8, 4) is 17.2 Å². The number of aromatic nitrogens is 1. The highest BCUT2D eigenvalue weighted by atomic mass is 16.7. The summed E-state index contributed by atoms with van der Waals surface area (Å²) in [5.41, 5.74) is 0. The zero-order chi connectivity index (χ0) is 10.4. The van der Waals surface area contributed by atoms with Crippen LogP contribution in [0, 0.1) is 0 Å². The van der Waals surface area contributed by atoms with Crippen LogP contribution in [0.25, 0.3) is 10.8 Å². The van der Waals surface area contributed by atoms with E-state index in [0.29, 0.717) is 11.5 Å². The summed E-state index contributed by atoms with van der Waals surface area (Å²) in [6, 6.07) is 3.80. The SMILES string of the molecule is C[n+]1ccc2cc3c(c(O)c2c1)OCO3. The minimum Gasteiger partial charge on any atom is -0.504 e. The molecule has 0 bridgehead atoms. The molecule has 0 saturated carbocycles. The maximum absolute atomic E-state index is 9.98. The van der Waals surface area contributed by atoms with Crippen LogP contribution in [-0.4, -0.2) is 11.9 Å². The molecule has 0 spiro atoms. The van der Waals surface area contributed by atoms with Crippen LogP contribution in [0.15, 0.2) is 24.5 Å². The monoisotopic (exact) mass is 204 g/mol. The van der Waals surface area contributed by atoms with Crippen molar-refractivity contribution in [1.29, 1.82) is 0 Å². The molecule has 0 atom stereocenters. The maximum atomic E-state index is 9.98. The fraction of sp³-hybridized carbons (Fsp3) is 0.182. The highest BCUT2D eigenvalue weighted by Crippen LogP contribution is 2.44. The third kappa shape index (κ3) is 1.11. The molecule has 0 aliphatic carbocycles. The third-order valence-corrected chi connectivity index (χ3v) is 2.53. The molecule has 4 nitrogen and oxygen atoms in total. The quantitative estimate of drug-likeness (QED) is 0.653. The molecule has 1 aliphatic rings. The molecule has 15 heavy (non-hydrogen) atoms. The number of ether oxygens (including phenoxy) is 2. The lowest BCUT2D eigenvalue weighted by Crippen LogP contribution is -2.25. The number of fused-ring (bicyclic) bond motifs is 2. The minimum absolute atomic E-state index is 0.149. The van der Waals surface area contributed by atoms with Crippen molar-refractivity contribution in [2.24, 2.45) is 7.05 Å². The van der Waals surface area contributed by atoms with E-state index in [1.165, 1.54) is 0 Å². The molecule has 76 valence electrons. The molecule has 0 radical (unpaired) electrons. The Morgan fingerprint density at radius 2 is 2.27 bits per heavy atom. The first-order valence-corrected chi connectivity index (χ1v) is 4.66.